The molecule has 1 atom stereocenters. The fourth-order valence-corrected chi connectivity index (χ4v) is 1.73. The highest BCUT2D eigenvalue weighted by Crippen LogP contribution is 2.16. The van der Waals surface area contributed by atoms with Gasteiger partial charge >= 0.3 is 0 Å². The summed E-state index contributed by atoms with van der Waals surface area (Å²) in [6.07, 6.45) is 3.32. The Morgan fingerprint density at radius 3 is 2.37 bits per heavy atom. The zero-order chi connectivity index (χ0) is 13.8. The van der Waals surface area contributed by atoms with Gasteiger partial charge < -0.3 is 5.32 Å². The molecule has 0 saturated heterocycles. The Morgan fingerprint density at radius 1 is 1.05 bits per heavy atom. The summed E-state index contributed by atoms with van der Waals surface area (Å²) in [6, 6.07) is 5.05. The first-order valence-electron chi connectivity index (χ1n) is 5.84. The van der Waals surface area contributed by atoms with E-state index >= 15 is 0 Å². The highest BCUT2D eigenvalue weighted by Gasteiger charge is 2.11. The average molecular weight is 266 g/mol. The van der Waals surface area contributed by atoms with E-state index in [0.29, 0.717) is 6.07 Å². The number of halogens is 3. The van der Waals surface area contributed by atoms with E-state index in [1.54, 1.807) is 12.4 Å². The predicted octanol–water partition coefficient (Wildman–Crippen LogP) is 3.35. The minimum Gasteiger partial charge on any atom is -0.306 e. The maximum Gasteiger partial charge on any atom is 0.161 e. The van der Waals surface area contributed by atoms with Gasteiger partial charge in [0.1, 0.15) is 5.82 Å². The molecule has 0 radical (unpaired) electrons. The first kappa shape index (κ1) is 13.5. The first-order chi connectivity index (χ1) is 9.08. The molecule has 2 aromatic rings. The van der Waals surface area contributed by atoms with Crippen LogP contribution in [0.1, 0.15) is 24.1 Å². The molecule has 0 aliphatic carbocycles. The molecule has 19 heavy (non-hydrogen) atoms. The Balaban J connectivity index is 2.05. The molecule has 1 N–H and O–H groups in total. The normalized spacial score (nSPS) is 12.4. The Labute approximate surface area is 109 Å². The quantitative estimate of drug-likeness (QED) is 0.858. The highest BCUT2D eigenvalue weighted by atomic mass is 19.2. The summed E-state index contributed by atoms with van der Waals surface area (Å²) in [6.45, 7) is 2.01. The van der Waals surface area contributed by atoms with Crippen LogP contribution in [-0.4, -0.2) is 4.98 Å². The summed E-state index contributed by atoms with van der Waals surface area (Å²) in [7, 11) is 0. The lowest BCUT2D eigenvalue weighted by Gasteiger charge is -2.14. The van der Waals surface area contributed by atoms with E-state index in [4.69, 9.17) is 0 Å². The maximum absolute atomic E-state index is 13.4. The van der Waals surface area contributed by atoms with Gasteiger partial charge in [0.2, 0.25) is 0 Å². The Bertz CT molecular complexity index is 558. The summed E-state index contributed by atoms with van der Waals surface area (Å²) < 4.78 is 39.2. The van der Waals surface area contributed by atoms with Crippen LogP contribution >= 0.6 is 0 Å². The molecule has 0 bridgehead atoms. The Hall–Kier alpha value is -1.88. The van der Waals surface area contributed by atoms with E-state index in [9.17, 15) is 13.2 Å². The van der Waals surface area contributed by atoms with E-state index in [1.165, 1.54) is 0 Å². The van der Waals surface area contributed by atoms with Gasteiger partial charge in [-0.1, -0.05) is 0 Å². The largest absolute Gasteiger partial charge is 0.306 e. The van der Waals surface area contributed by atoms with Crippen molar-refractivity contribution in [2.45, 2.75) is 19.5 Å². The van der Waals surface area contributed by atoms with Crippen molar-refractivity contribution in [1.29, 1.82) is 0 Å². The molecule has 0 aliphatic rings. The van der Waals surface area contributed by atoms with Crippen molar-refractivity contribution in [1.82, 2.24) is 10.3 Å². The number of aromatic nitrogens is 1. The van der Waals surface area contributed by atoms with Gasteiger partial charge in [-0.15, -0.1) is 0 Å². The van der Waals surface area contributed by atoms with E-state index in [-0.39, 0.29) is 18.2 Å². The Morgan fingerprint density at radius 2 is 1.68 bits per heavy atom. The standard InChI is InChI=1S/C14H13F3N2/c1-9(10-2-4-18-5-3-10)19-8-11-6-13(16)14(17)7-12(11)15/h2-7,9,19H,8H2,1H3. The minimum atomic E-state index is -1.18. The SMILES string of the molecule is CC(NCc1cc(F)c(F)cc1F)c1ccncc1. The van der Waals surface area contributed by atoms with Crippen LogP contribution in [0.15, 0.2) is 36.7 Å². The number of nitrogens with one attached hydrogen (secondary N) is 1. The number of hydrogen-bond donors (Lipinski definition) is 1. The lowest BCUT2D eigenvalue weighted by atomic mass is 10.1. The van der Waals surface area contributed by atoms with Crippen LogP contribution in [0.3, 0.4) is 0 Å². The van der Waals surface area contributed by atoms with Crippen LogP contribution in [0.25, 0.3) is 0 Å². The number of nitrogens with zero attached hydrogens (tertiary/aromatic N) is 1. The molecule has 0 fully saturated rings. The summed E-state index contributed by atoms with van der Waals surface area (Å²) in [5.74, 6) is -2.98. The maximum atomic E-state index is 13.4. The van der Waals surface area contributed by atoms with E-state index < -0.39 is 17.5 Å². The second kappa shape index (κ2) is 5.84. The molecule has 5 heteroatoms. The van der Waals surface area contributed by atoms with E-state index in [1.807, 2.05) is 19.1 Å². The van der Waals surface area contributed by atoms with Gasteiger partial charge in [0.25, 0.3) is 0 Å². The average Bonchev–Trinajstić information content (AvgIpc) is 2.42. The lowest BCUT2D eigenvalue weighted by molar-refractivity contribution is 0.482. The minimum absolute atomic E-state index is 0.0458. The fraction of sp³-hybridized carbons (Fsp3) is 0.214. The molecule has 1 heterocycles. The topological polar surface area (TPSA) is 24.9 Å². The van der Waals surface area contributed by atoms with Gasteiger partial charge in [-0.2, -0.15) is 0 Å². The molecule has 1 aromatic heterocycles. The third-order valence-electron chi connectivity index (χ3n) is 2.89. The van der Waals surface area contributed by atoms with Crippen molar-refractivity contribution in [3.05, 3.63) is 65.2 Å². The summed E-state index contributed by atoms with van der Waals surface area (Å²) >= 11 is 0. The molecule has 2 rings (SSSR count). The molecule has 0 amide bonds. The fourth-order valence-electron chi connectivity index (χ4n) is 1.73. The van der Waals surface area contributed by atoms with Gasteiger partial charge in [0, 0.05) is 36.6 Å². The van der Waals surface area contributed by atoms with E-state index in [0.717, 1.165) is 11.6 Å². The van der Waals surface area contributed by atoms with Crippen molar-refractivity contribution in [2.75, 3.05) is 0 Å². The van der Waals surface area contributed by atoms with Crippen molar-refractivity contribution >= 4 is 0 Å². The molecule has 2 nitrogen and oxygen atoms in total. The number of rotatable bonds is 4. The van der Waals surface area contributed by atoms with Gasteiger partial charge in [-0.25, -0.2) is 13.2 Å². The first-order valence-corrected chi connectivity index (χ1v) is 5.84. The van der Waals surface area contributed by atoms with Gasteiger partial charge in [0.15, 0.2) is 11.6 Å². The molecule has 0 aliphatic heterocycles. The van der Waals surface area contributed by atoms with Crippen LogP contribution < -0.4 is 5.32 Å². The predicted molar refractivity (Wildman–Crippen MR) is 65.8 cm³/mol. The number of hydrogen-bond acceptors (Lipinski definition) is 2. The Kier molecular flexibility index (Phi) is 4.16. The van der Waals surface area contributed by atoms with Crippen molar-refractivity contribution in [3.63, 3.8) is 0 Å². The summed E-state index contributed by atoms with van der Waals surface area (Å²) in [4.78, 5) is 3.90. The summed E-state index contributed by atoms with van der Waals surface area (Å²) in [5.41, 5.74) is 1.08. The molecule has 0 spiro atoms. The van der Waals surface area contributed by atoms with Crippen molar-refractivity contribution < 1.29 is 13.2 Å². The summed E-state index contributed by atoms with van der Waals surface area (Å²) in [5, 5.41) is 3.05. The van der Waals surface area contributed by atoms with Crippen LogP contribution in [-0.2, 0) is 6.54 Å². The third-order valence-corrected chi connectivity index (χ3v) is 2.89. The number of pyridine rings is 1. The molecule has 1 unspecified atom stereocenters. The smallest absolute Gasteiger partial charge is 0.161 e. The number of benzene rings is 1. The third kappa shape index (κ3) is 3.32. The second-order valence-corrected chi connectivity index (χ2v) is 4.24. The molecule has 100 valence electrons. The van der Waals surface area contributed by atoms with Crippen LogP contribution in [0, 0.1) is 17.5 Å². The van der Waals surface area contributed by atoms with Gasteiger partial charge in [-0.3, -0.25) is 4.98 Å². The van der Waals surface area contributed by atoms with Crippen LogP contribution in [0.5, 0.6) is 0 Å². The van der Waals surface area contributed by atoms with Crippen LogP contribution in [0.2, 0.25) is 0 Å². The molecule has 1 aromatic carbocycles. The monoisotopic (exact) mass is 266 g/mol. The van der Waals surface area contributed by atoms with E-state index in [2.05, 4.69) is 10.3 Å². The van der Waals surface area contributed by atoms with Crippen LogP contribution in [0.4, 0.5) is 13.2 Å². The zero-order valence-electron chi connectivity index (χ0n) is 10.3. The highest BCUT2D eigenvalue weighted by molar-refractivity contribution is 5.21. The second-order valence-electron chi connectivity index (χ2n) is 4.24. The van der Waals surface area contributed by atoms with Gasteiger partial charge in [0.05, 0.1) is 0 Å². The lowest BCUT2D eigenvalue weighted by Crippen LogP contribution is -2.19. The molecule has 0 saturated carbocycles. The van der Waals surface area contributed by atoms with Crippen molar-refractivity contribution in [3.8, 4) is 0 Å². The van der Waals surface area contributed by atoms with Gasteiger partial charge in [-0.05, 0) is 30.7 Å². The molecular formula is C14H13F3N2. The van der Waals surface area contributed by atoms with Crippen molar-refractivity contribution in [2.24, 2.45) is 0 Å². The molecular weight excluding hydrogens is 253 g/mol. The zero-order valence-corrected chi connectivity index (χ0v) is 10.3.